The van der Waals surface area contributed by atoms with Gasteiger partial charge in [-0.25, -0.2) is 9.97 Å². The fourth-order valence-electron chi connectivity index (χ4n) is 3.35. The van der Waals surface area contributed by atoms with E-state index in [-0.39, 0.29) is 18.1 Å². The van der Waals surface area contributed by atoms with Crippen LogP contribution >= 0.6 is 0 Å². The summed E-state index contributed by atoms with van der Waals surface area (Å²) in [5.41, 5.74) is 4.20. The van der Waals surface area contributed by atoms with Gasteiger partial charge >= 0.3 is 0 Å². The molecule has 3 aromatic rings. The Labute approximate surface area is 176 Å². The topological polar surface area (TPSA) is 87.6 Å². The molecule has 158 valence electrons. The minimum atomic E-state index is -3.88. The second kappa shape index (κ2) is 8.20. The minimum absolute atomic E-state index is 0.112. The molecule has 0 bridgehead atoms. The maximum Gasteiger partial charge on any atom is 0.297 e. The highest BCUT2D eigenvalue weighted by molar-refractivity contribution is 7.86. The molecule has 1 aliphatic heterocycles. The Bertz CT molecular complexity index is 1180. The van der Waals surface area contributed by atoms with Gasteiger partial charge in [0, 0.05) is 0 Å². The molecular weight excluding hydrogens is 404 g/mol. The third kappa shape index (κ3) is 3.97. The number of hydrogen-bond donors (Lipinski definition) is 0. The lowest BCUT2D eigenvalue weighted by molar-refractivity contribution is 0.0569. The highest BCUT2D eigenvalue weighted by atomic mass is 32.2. The predicted molar refractivity (Wildman–Crippen MR) is 113 cm³/mol. The number of nitrogens with zero attached hydrogens (tertiary/aromatic N) is 2. The molecule has 7 nitrogen and oxygen atoms in total. The lowest BCUT2D eigenvalue weighted by Gasteiger charge is -2.27. The summed E-state index contributed by atoms with van der Waals surface area (Å²) in [6.45, 7) is 6.00. The van der Waals surface area contributed by atoms with Crippen LogP contribution < -0.4 is 9.47 Å². The van der Waals surface area contributed by atoms with Gasteiger partial charge in [0.2, 0.25) is 0 Å². The van der Waals surface area contributed by atoms with Crippen molar-refractivity contribution in [1.82, 2.24) is 9.97 Å². The number of ether oxygens (including phenoxy) is 2. The Morgan fingerprint density at radius 1 is 1.03 bits per heavy atom. The molecule has 0 unspecified atom stereocenters. The van der Waals surface area contributed by atoms with Crippen molar-refractivity contribution in [2.24, 2.45) is 0 Å². The van der Waals surface area contributed by atoms with Crippen LogP contribution in [0.25, 0.3) is 11.0 Å². The van der Waals surface area contributed by atoms with E-state index in [1.807, 2.05) is 19.9 Å². The number of rotatable bonds is 6. The number of benzene rings is 2. The van der Waals surface area contributed by atoms with E-state index in [1.165, 1.54) is 12.1 Å². The first-order valence-electron chi connectivity index (χ1n) is 9.99. The zero-order valence-corrected chi connectivity index (χ0v) is 18.0. The monoisotopic (exact) mass is 428 g/mol. The largest absolute Gasteiger partial charge is 0.486 e. The van der Waals surface area contributed by atoms with Crippen LogP contribution in [0.2, 0.25) is 0 Å². The van der Waals surface area contributed by atoms with Crippen molar-refractivity contribution in [3.8, 4) is 11.5 Å². The molecule has 0 radical (unpaired) electrons. The van der Waals surface area contributed by atoms with E-state index in [9.17, 15) is 8.42 Å². The Morgan fingerprint density at radius 3 is 2.43 bits per heavy atom. The normalized spacial score (nSPS) is 16.0. The Hall–Kier alpha value is -2.71. The van der Waals surface area contributed by atoms with E-state index in [0.29, 0.717) is 17.0 Å². The second-order valence-corrected chi connectivity index (χ2v) is 8.80. The molecule has 0 saturated heterocycles. The third-order valence-electron chi connectivity index (χ3n) is 5.01. The second-order valence-electron chi connectivity index (χ2n) is 7.19. The van der Waals surface area contributed by atoms with Gasteiger partial charge in [0.05, 0.1) is 21.8 Å². The number of aromatic nitrogens is 2. The van der Waals surface area contributed by atoms with Crippen LogP contribution in [0.15, 0.2) is 41.3 Å². The minimum Gasteiger partial charge on any atom is -0.486 e. The molecule has 0 saturated carbocycles. The summed E-state index contributed by atoms with van der Waals surface area (Å²) in [7, 11) is -3.88. The van der Waals surface area contributed by atoms with Gasteiger partial charge in [0.1, 0.15) is 18.7 Å². The van der Waals surface area contributed by atoms with Gasteiger partial charge in [0.15, 0.2) is 17.6 Å². The molecule has 1 aliphatic rings. The summed E-state index contributed by atoms with van der Waals surface area (Å²) < 4.78 is 42.0. The van der Waals surface area contributed by atoms with E-state index in [0.717, 1.165) is 35.3 Å². The van der Waals surface area contributed by atoms with Gasteiger partial charge in [-0.2, -0.15) is 8.42 Å². The summed E-state index contributed by atoms with van der Waals surface area (Å²) in [5, 5.41) is 0. The average molecular weight is 429 g/mol. The molecule has 0 spiro atoms. The van der Waals surface area contributed by atoms with Crippen molar-refractivity contribution < 1.29 is 22.1 Å². The first-order valence-corrected chi connectivity index (χ1v) is 11.4. The number of fused-ring (bicyclic) bond motifs is 3. The van der Waals surface area contributed by atoms with Crippen LogP contribution in [0.4, 0.5) is 0 Å². The lowest BCUT2D eigenvalue weighted by atomic mass is 10.1. The molecule has 1 aromatic heterocycles. The fraction of sp³-hybridized carbons (Fsp3) is 0.364. The zero-order chi connectivity index (χ0) is 21.3. The molecule has 4 rings (SSSR count). The van der Waals surface area contributed by atoms with Crippen LogP contribution in [0.3, 0.4) is 0 Å². The van der Waals surface area contributed by atoms with Crippen LogP contribution in [-0.4, -0.2) is 37.7 Å². The van der Waals surface area contributed by atoms with E-state index in [1.54, 1.807) is 18.2 Å². The van der Waals surface area contributed by atoms with E-state index >= 15 is 0 Å². The summed E-state index contributed by atoms with van der Waals surface area (Å²) in [6, 6.07) is 10.2. The molecule has 30 heavy (non-hydrogen) atoms. The van der Waals surface area contributed by atoms with E-state index < -0.39 is 16.2 Å². The van der Waals surface area contributed by atoms with Crippen molar-refractivity contribution in [2.75, 3.05) is 13.2 Å². The highest BCUT2D eigenvalue weighted by Crippen LogP contribution is 2.38. The molecule has 1 atom stereocenters. The quantitative estimate of drug-likeness (QED) is 0.554. The zero-order valence-electron chi connectivity index (χ0n) is 17.2. The molecule has 0 aliphatic carbocycles. The fourth-order valence-corrected chi connectivity index (χ4v) is 4.28. The molecule has 8 heteroatoms. The third-order valence-corrected chi connectivity index (χ3v) is 6.30. The van der Waals surface area contributed by atoms with E-state index in [2.05, 4.69) is 6.92 Å². The highest BCUT2D eigenvalue weighted by Gasteiger charge is 2.27. The van der Waals surface area contributed by atoms with Crippen LogP contribution in [0.1, 0.15) is 30.8 Å². The summed E-state index contributed by atoms with van der Waals surface area (Å²) >= 11 is 0. The lowest BCUT2D eigenvalue weighted by Crippen LogP contribution is -2.34. The van der Waals surface area contributed by atoms with Crippen molar-refractivity contribution >= 4 is 21.2 Å². The Kier molecular flexibility index (Phi) is 5.62. The maximum atomic E-state index is 12.5. The van der Waals surface area contributed by atoms with Crippen LogP contribution in [0.5, 0.6) is 11.5 Å². The van der Waals surface area contributed by atoms with Crippen LogP contribution in [-0.2, 0) is 27.1 Å². The van der Waals surface area contributed by atoms with Gasteiger partial charge in [-0.15, -0.1) is 0 Å². The number of hydrogen-bond acceptors (Lipinski definition) is 7. The van der Waals surface area contributed by atoms with Crippen LogP contribution in [0, 0.1) is 6.92 Å². The molecule has 2 heterocycles. The molecule has 0 fully saturated rings. The number of aryl methyl sites for hydroxylation is 3. The molecule has 0 N–H and O–H groups in total. The van der Waals surface area contributed by atoms with Crippen molar-refractivity contribution in [3.63, 3.8) is 0 Å². The molecule has 2 aromatic carbocycles. The Morgan fingerprint density at radius 2 is 1.73 bits per heavy atom. The van der Waals surface area contributed by atoms with E-state index in [4.69, 9.17) is 23.6 Å². The smallest absolute Gasteiger partial charge is 0.297 e. The maximum absolute atomic E-state index is 12.5. The Balaban J connectivity index is 1.56. The van der Waals surface area contributed by atoms with Gasteiger partial charge in [-0.1, -0.05) is 31.5 Å². The van der Waals surface area contributed by atoms with Gasteiger partial charge in [-0.3, -0.25) is 4.18 Å². The average Bonchev–Trinajstić information content (AvgIpc) is 2.76. The van der Waals surface area contributed by atoms with Gasteiger partial charge in [0.25, 0.3) is 10.1 Å². The summed E-state index contributed by atoms with van der Waals surface area (Å²) in [6.07, 6.45) is 0.979. The first-order chi connectivity index (χ1) is 14.4. The van der Waals surface area contributed by atoms with Crippen molar-refractivity contribution in [2.45, 2.75) is 44.6 Å². The van der Waals surface area contributed by atoms with Gasteiger partial charge < -0.3 is 9.47 Å². The standard InChI is InChI=1S/C22H24N2O5S/c1-4-17-18(5-2)24-21-19(23-17)10-11-20-22(21)29-15(12-27-20)13-28-30(25,26)16-8-6-14(3)7-9-16/h6-11,15H,4-5,12-13H2,1-3H3/t15-/m1/s1. The van der Waals surface area contributed by atoms with Gasteiger partial charge in [-0.05, 0) is 44.0 Å². The first kappa shape index (κ1) is 20.6. The molecular formula is C22H24N2O5S. The molecule has 0 amide bonds. The summed E-state index contributed by atoms with van der Waals surface area (Å²) in [4.78, 5) is 9.57. The summed E-state index contributed by atoms with van der Waals surface area (Å²) in [5.74, 6) is 1.05. The SMILES string of the molecule is CCc1nc2ccc3c(c2nc1CC)O[C@@H](COS(=O)(=O)c1ccc(C)cc1)CO3. The predicted octanol–water partition coefficient (Wildman–Crippen LogP) is 3.61. The van der Waals surface area contributed by atoms with Crippen molar-refractivity contribution in [3.05, 3.63) is 53.3 Å². The van der Waals surface area contributed by atoms with Crippen molar-refractivity contribution in [1.29, 1.82) is 0 Å².